The fourth-order valence-corrected chi connectivity index (χ4v) is 1.69. The van der Waals surface area contributed by atoms with Gasteiger partial charge in [-0.2, -0.15) is 0 Å². The van der Waals surface area contributed by atoms with Crippen LogP contribution in [-0.2, 0) is 4.79 Å². The predicted octanol–water partition coefficient (Wildman–Crippen LogP) is 2.99. The molecule has 0 aliphatic rings. The van der Waals surface area contributed by atoms with Crippen LogP contribution in [0.1, 0.15) is 37.8 Å². The SMILES string of the molecule is CCCNC(=O)[C@H](CC)Oc1cccc(C)c1C. The molecule has 0 aliphatic heterocycles. The molecule has 1 amide bonds. The van der Waals surface area contributed by atoms with E-state index in [0.717, 1.165) is 17.7 Å². The number of rotatable bonds is 6. The number of benzene rings is 1. The zero-order valence-electron chi connectivity index (χ0n) is 11.7. The molecule has 0 aliphatic carbocycles. The van der Waals surface area contributed by atoms with E-state index in [0.29, 0.717) is 13.0 Å². The first kappa shape index (κ1) is 14.6. The van der Waals surface area contributed by atoms with Crippen molar-refractivity contribution in [2.45, 2.75) is 46.6 Å². The highest BCUT2D eigenvalue weighted by atomic mass is 16.5. The molecular weight excluding hydrogens is 226 g/mol. The Hall–Kier alpha value is -1.51. The average Bonchev–Trinajstić information content (AvgIpc) is 2.37. The molecule has 1 N–H and O–H groups in total. The second-order valence-corrected chi connectivity index (χ2v) is 4.50. The lowest BCUT2D eigenvalue weighted by molar-refractivity contribution is -0.128. The number of nitrogens with one attached hydrogen (secondary N) is 1. The molecule has 0 bridgehead atoms. The maximum atomic E-state index is 11.9. The van der Waals surface area contributed by atoms with Crippen molar-refractivity contribution < 1.29 is 9.53 Å². The highest BCUT2D eigenvalue weighted by Crippen LogP contribution is 2.22. The first-order valence-corrected chi connectivity index (χ1v) is 6.60. The number of aryl methyl sites for hydroxylation is 1. The van der Waals surface area contributed by atoms with Gasteiger partial charge in [0.25, 0.3) is 5.91 Å². The van der Waals surface area contributed by atoms with Crippen LogP contribution in [-0.4, -0.2) is 18.6 Å². The number of hydrogen-bond donors (Lipinski definition) is 1. The fourth-order valence-electron chi connectivity index (χ4n) is 1.69. The van der Waals surface area contributed by atoms with E-state index in [1.165, 1.54) is 5.56 Å². The standard InChI is InChI=1S/C15H23NO2/c1-5-10-16-15(17)13(6-2)18-14-9-7-8-11(3)12(14)4/h7-9,13H,5-6,10H2,1-4H3,(H,16,17)/t13-/m0/s1. The summed E-state index contributed by atoms with van der Waals surface area (Å²) in [6.45, 7) is 8.75. The van der Waals surface area contributed by atoms with Crippen LogP contribution in [0.3, 0.4) is 0 Å². The molecule has 1 aromatic carbocycles. The van der Waals surface area contributed by atoms with Crippen molar-refractivity contribution in [3.63, 3.8) is 0 Å². The van der Waals surface area contributed by atoms with Crippen LogP contribution in [0.2, 0.25) is 0 Å². The highest BCUT2D eigenvalue weighted by Gasteiger charge is 2.18. The van der Waals surface area contributed by atoms with Crippen molar-refractivity contribution in [2.75, 3.05) is 6.54 Å². The van der Waals surface area contributed by atoms with Gasteiger partial charge >= 0.3 is 0 Å². The summed E-state index contributed by atoms with van der Waals surface area (Å²) in [6.07, 6.45) is 1.20. The summed E-state index contributed by atoms with van der Waals surface area (Å²) < 4.78 is 5.82. The normalized spacial score (nSPS) is 12.0. The number of amides is 1. The molecule has 3 heteroatoms. The summed E-state index contributed by atoms with van der Waals surface area (Å²) in [5.41, 5.74) is 2.27. The monoisotopic (exact) mass is 249 g/mol. The van der Waals surface area contributed by atoms with Gasteiger partial charge in [-0.15, -0.1) is 0 Å². The molecular formula is C15H23NO2. The van der Waals surface area contributed by atoms with Crippen molar-refractivity contribution in [1.29, 1.82) is 0 Å². The molecule has 0 saturated heterocycles. The molecule has 0 heterocycles. The summed E-state index contributed by atoms with van der Waals surface area (Å²) in [5.74, 6) is 0.772. The van der Waals surface area contributed by atoms with E-state index in [1.807, 2.05) is 45.9 Å². The number of carbonyl (C=O) groups excluding carboxylic acids is 1. The zero-order chi connectivity index (χ0) is 13.5. The Balaban J connectivity index is 2.73. The molecule has 1 aromatic rings. The lowest BCUT2D eigenvalue weighted by Crippen LogP contribution is -2.38. The smallest absolute Gasteiger partial charge is 0.261 e. The molecule has 0 aromatic heterocycles. The fraction of sp³-hybridized carbons (Fsp3) is 0.533. The van der Waals surface area contributed by atoms with E-state index in [1.54, 1.807) is 0 Å². The van der Waals surface area contributed by atoms with Gasteiger partial charge in [0, 0.05) is 6.54 Å². The molecule has 0 fully saturated rings. The van der Waals surface area contributed by atoms with Gasteiger partial charge < -0.3 is 10.1 Å². The van der Waals surface area contributed by atoms with Crippen molar-refractivity contribution in [2.24, 2.45) is 0 Å². The third kappa shape index (κ3) is 3.76. The molecule has 0 unspecified atom stereocenters. The number of ether oxygens (including phenoxy) is 1. The minimum absolute atomic E-state index is 0.0275. The van der Waals surface area contributed by atoms with E-state index >= 15 is 0 Å². The molecule has 100 valence electrons. The Morgan fingerprint density at radius 3 is 2.67 bits per heavy atom. The van der Waals surface area contributed by atoms with Crippen LogP contribution in [0.25, 0.3) is 0 Å². The van der Waals surface area contributed by atoms with Gasteiger partial charge in [0.1, 0.15) is 5.75 Å². The van der Waals surface area contributed by atoms with Gasteiger partial charge in [-0.1, -0.05) is 26.0 Å². The second-order valence-electron chi connectivity index (χ2n) is 4.50. The maximum absolute atomic E-state index is 11.9. The summed E-state index contributed by atoms with van der Waals surface area (Å²) >= 11 is 0. The largest absolute Gasteiger partial charge is 0.480 e. The zero-order valence-corrected chi connectivity index (χ0v) is 11.7. The van der Waals surface area contributed by atoms with Crippen molar-refractivity contribution in [3.05, 3.63) is 29.3 Å². The molecule has 0 radical (unpaired) electrons. The highest BCUT2D eigenvalue weighted by molar-refractivity contribution is 5.81. The minimum Gasteiger partial charge on any atom is -0.480 e. The van der Waals surface area contributed by atoms with Crippen LogP contribution in [0.4, 0.5) is 0 Å². The Bertz CT molecular complexity index is 401. The summed E-state index contributed by atoms with van der Waals surface area (Å²) in [4.78, 5) is 11.9. The van der Waals surface area contributed by atoms with E-state index in [-0.39, 0.29) is 5.91 Å². The Morgan fingerprint density at radius 1 is 1.33 bits per heavy atom. The predicted molar refractivity (Wildman–Crippen MR) is 73.9 cm³/mol. The van der Waals surface area contributed by atoms with Crippen LogP contribution in [0.15, 0.2) is 18.2 Å². The van der Waals surface area contributed by atoms with Crippen molar-refractivity contribution in [3.8, 4) is 5.75 Å². The van der Waals surface area contributed by atoms with Gasteiger partial charge in [-0.05, 0) is 43.9 Å². The molecule has 0 spiro atoms. The van der Waals surface area contributed by atoms with Gasteiger partial charge in [0.2, 0.25) is 0 Å². The number of carbonyl (C=O) groups is 1. The molecule has 1 rings (SSSR count). The van der Waals surface area contributed by atoms with E-state index in [2.05, 4.69) is 5.32 Å². The van der Waals surface area contributed by atoms with E-state index in [4.69, 9.17) is 4.74 Å². The van der Waals surface area contributed by atoms with E-state index < -0.39 is 6.10 Å². The maximum Gasteiger partial charge on any atom is 0.261 e. The van der Waals surface area contributed by atoms with Gasteiger partial charge in [-0.25, -0.2) is 0 Å². The summed E-state index contributed by atoms with van der Waals surface area (Å²) in [7, 11) is 0. The average molecular weight is 249 g/mol. The summed E-state index contributed by atoms with van der Waals surface area (Å²) in [5, 5.41) is 2.87. The Morgan fingerprint density at radius 2 is 2.06 bits per heavy atom. The lowest BCUT2D eigenvalue weighted by atomic mass is 10.1. The van der Waals surface area contributed by atoms with Crippen LogP contribution in [0, 0.1) is 13.8 Å². The Labute approximate surface area is 110 Å². The molecule has 0 saturated carbocycles. The second kappa shape index (κ2) is 7.04. The Kier molecular flexibility index (Phi) is 5.69. The third-order valence-corrected chi connectivity index (χ3v) is 3.04. The first-order chi connectivity index (χ1) is 8.60. The third-order valence-electron chi connectivity index (χ3n) is 3.04. The number of hydrogen-bond acceptors (Lipinski definition) is 2. The van der Waals surface area contributed by atoms with Crippen LogP contribution < -0.4 is 10.1 Å². The van der Waals surface area contributed by atoms with Gasteiger partial charge in [-0.3, -0.25) is 4.79 Å². The first-order valence-electron chi connectivity index (χ1n) is 6.60. The van der Waals surface area contributed by atoms with Gasteiger partial charge in [0.15, 0.2) is 6.10 Å². The van der Waals surface area contributed by atoms with E-state index in [9.17, 15) is 4.79 Å². The molecule has 3 nitrogen and oxygen atoms in total. The van der Waals surface area contributed by atoms with Crippen LogP contribution in [0.5, 0.6) is 5.75 Å². The quantitative estimate of drug-likeness (QED) is 0.841. The minimum atomic E-state index is -0.406. The van der Waals surface area contributed by atoms with Crippen LogP contribution >= 0.6 is 0 Å². The molecule has 18 heavy (non-hydrogen) atoms. The topological polar surface area (TPSA) is 38.3 Å². The van der Waals surface area contributed by atoms with Gasteiger partial charge in [0.05, 0.1) is 0 Å². The lowest BCUT2D eigenvalue weighted by Gasteiger charge is -2.19. The molecule has 1 atom stereocenters. The summed E-state index contributed by atoms with van der Waals surface area (Å²) in [6, 6.07) is 5.91. The van der Waals surface area contributed by atoms with Crippen molar-refractivity contribution in [1.82, 2.24) is 5.32 Å². The van der Waals surface area contributed by atoms with Crippen molar-refractivity contribution >= 4 is 5.91 Å².